The van der Waals surface area contributed by atoms with Crippen molar-refractivity contribution in [2.45, 2.75) is 32.7 Å². The number of halogens is 1. The molecular formula is C17H26ClN3O3. The fourth-order valence-electron chi connectivity index (χ4n) is 2.72. The van der Waals surface area contributed by atoms with E-state index in [0.717, 1.165) is 19.4 Å². The zero-order valence-electron chi connectivity index (χ0n) is 14.1. The fourth-order valence-corrected chi connectivity index (χ4v) is 2.72. The Morgan fingerprint density at radius 1 is 1.38 bits per heavy atom. The first-order valence-electron chi connectivity index (χ1n) is 8.06. The van der Waals surface area contributed by atoms with Gasteiger partial charge in [0.1, 0.15) is 12.4 Å². The molecule has 1 aliphatic heterocycles. The minimum absolute atomic E-state index is 0. The Morgan fingerprint density at radius 3 is 2.88 bits per heavy atom. The Labute approximate surface area is 149 Å². The van der Waals surface area contributed by atoms with E-state index in [1.165, 1.54) is 6.92 Å². The molecule has 2 amide bonds. The van der Waals surface area contributed by atoms with Gasteiger partial charge < -0.3 is 20.7 Å². The van der Waals surface area contributed by atoms with Crippen LogP contribution in [0.3, 0.4) is 0 Å². The first-order chi connectivity index (χ1) is 11.0. The van der Waals surface area contributed by atoms with Crippen LogP contribution < -0.4 is 20.7 Å². The summed E-state index contributed by atoms with van der Waals surface area (Å²) in [5.74, 6) is 0.745. The second kappa shape index (κ2) is 10.2. The average Bonchev–Trinajstić information content (AvgIpc) is 2.51. The van der Waals surface area contributed by atoms with Crippen LogP contribution >= 0.6 is 12.4 Å². The summed E-state index contributed by atoms with van der Waals surface area (Å²) in [6.07, 6.45) is 1.77. The molecule has 0 bridgehead atoms. The van der Waals surface area contributed by atoms with Crippen LogP contribution in [-0.4, -0.2) is 37.6 Å². The van der Waals surface area contributed by atoms with Crippen molar-refractivity contribution in [1.82, 2.24) is 10.6 Å². The Bertz CT molecular complexity index is 554. The van der Waals surface area contributed by atoms with Gasteiger partial charge in [-0.2, -0.15) is 0 Å². The summed E-state index contributed by atoms with van der Waals surface area (Å²) in [5, 5.41) is 8.97. The predicted molar refractivity (Wildman–Crippen MR) is 96.7 cm³/mol. The van der Waals surface area contributed by atoms with Gasteiger partial charge in [-0.1, -0.05) is 6.07 Å². The van der Waals surface area contributed by atoms with Crippen molar-refractivity contribution in [1.29, 1.82) is 0 Å². The number of hydrogen-bond donors (Lipinski definition) is 3. The van der Waals surface area contributed by atoms with Gasteiger partial charge in [-0.15, -0.1) is 12.4 Å². The van der Waals surface area contributed by atoms with Crippen LogP contribution in [0, 0.1) is 5.92 Å². The highest BCUT2D eigenvalue weighted by Crippen LogP contribution is 2.17. The first kappa shape index (κ1) is 20.3. The normalized spacial score (nSPS) is 19.8. The van der Waals surface area contributed by atoms with Crippen molar-refractivity contribution in [2.75, 3.05) is 25.0 Å². The average molecular weight is 356 g/mol. The van der Waals surface area contributed by atoms with E-state index in [-0.39, 0.29) is 30.1 Å². The maximum atomic E-state index is 12.1. The molecule has 0 saturated carbocycles. The van der Waals surface area contributed by atoms with Crippen LogP contribution in [-0.2, 0) is 9.59 Å². The highest BCUT2D eigenvalue weighted by Gasteiger charge is 2.24. The number of ether oxygens (including phenoxy) is 1. The molecule has 1 heterocycles. The van der Waals surface area contributed by atoms with E-state index in [1.807, 2.05) is 12.1 Å². The van der Waals surface area contributed by atoms with E-state index in [2.05, 4.69) is 22.9 Å². The van der Waals surface area contributed by atoms with Crippen LogP contribution in [0.15, 0.2) is 24.3 Å². The molecule has 2 rings (SSSR count). The summed E-state index contributed by atoms with van der Waals surface area (Å²) < 4.78 is 5.61. The molecule has 0 radical (unpaired) electrons. The standard InChI is InChI=1S/C17H25N3O3.ClH/c1-12-10-14(6-7-18-12)17(22)19-8-9-23-16-5-3-4-15(11-16)20-13(2)21;/h3-5,11-12,14,18H,6-10H2,1-2H3,(H,19,22)(H,20,21);1H/t12-,14-;/m0./s1. The molecule has 0 aliphatic carbocycles. The lowest BCUT2D eigenvalue weighted by Crippen LogP contribution is -2.43. The molecule has 6 nitrogen and oxygen atoms in total. The molecular weight excluding hydrogens is 330 g/mol. The highest BCUT2D eigenvalue weighted by atomic mass is 35.5. The van der Waals surface area contributed by atoms with E-state index in [1.54, 1.807) is 12.1 Å². The predicted octanol–water partition coefficient (Wildman–Crippen LogP) is 1.95. The third-order valence-corrected chi connectivity index (χ3v) is 3.82. The summed E-state index contributed by atoms with van der Waals surface area (Å²) in [4.78, 5) is 23.1. The lowest BCUT2D eigenvalue weighted by molar-refractivity contribution is -0.126. The van der Waals surface area contributed by atoms with E-state index in [4.69, 9.17) is 4.74 Å². The minimum atomic E-state index is -0.120. The maximum absolute atomic E-state index is 12.1. The molecule has 24 heavy (non-hydrogen) atoms. The number of nitrogens with one attached hydrogen (secondary N) is 3. The lowest BCUT2D eigenvalue weighted by Gasteiger charge is -2.27. The van der Waals surface area contributed by atoms with Gasteiger partial charge in [-0.25, -0.2) is 0 Å². The summed E-state index contributed by atoms with van der Waals surface area (Å²) in [6.45, 7) is 5.33. The van der Waals surface area contributed by atoms with Crippen molar-refractivity contribution in [3.8, 4) is 5.75 Å². The van der Waals surface area contributed by atoms with Gasteiger partial charge in [-0.3, -0.25) is 9.59 Å². The maximum Gasteiger partial charge on any atom is 0.223 e. The number of rotatable bonds is 6. The molecule has 2 atom stereocenters. The van der Waals surface area contributed by atoms with E-state index in [0.29, 0.717) is 30.6 Å². The number of carbonyl (C=O) groups excluding carboxylic acids is 2. The van der Waals surface area contributed by atoms with E-state index >= 15 is 0 Å². The summed E-state index contributed by atoms with van der Waals surface area (Å²) in [7, 11) is 0. The number of piperidine rings is 1. The van der Waals surface area contributed by atoms with Gasteiger partial charge in [0.15, 0.2) is 0 Å². The molecule has 0 spiro atoms. The quantitative estimate of drug-likeness (QED) is 0.681. The topological polar surface area (TPSA) is 79.5 Å². The Kier molecular flexibility index (Phi) is 8.57. The molecule has 0 aromatic heterocycles. The van der Waals surface area contributed by atoms with Crippen LogP contribution in [0.25, 0.3) is 0 Å². The van der Waals surface area contributed by atoms with Gasteiger partial charge in [0.05, 0.1) is 6.54 Å². The third-order valence-electron chi connectivity index (χ3n) is 3.82. The minimum Gasteiger partial charge on any atom is -0.492 e. The molecule has 3 N–H and O–H groups in total. The number of anilines is 1. The second-order valence-electron chi connectivity index (χ2n) is 5.92. The van der Waals surface area contributed by atoms with E-state index in [9.17, 15) is 9.59 Å². The molecule has 1 aromatic rings. The smallest absolute Gasteiger partial charge is 0.223 e. The van der Waals surface area contributed by atoms with Gasteiger partial charge in [-0.05, 0) is 38.4 Å². The molecule has 1 aliphatic rings. The summed E-state index contributed by atoms with van der Waals surface area (Å²) >= 11 is 0. The van der Waals surface area contributed by atoms with Crippen molar-refractivity contribution >= 4 is 29.9 Å². The second-order valence-corrected chi connectivity index (χ2v) is 5.92. The van der Waals surface area contributed by atoms with Gasteiger partial charge in [0.25, 0.3) is 0 Å². The zero-order chi connectivity index (χ0) is 16.7. The van der Waals surface area contributed by atoms with Crippen molar-refractivity contribution in [3.63, 3.8) is 0 Å². The Hall–Kier alpha value is -1.79. The van der Waals surface area contributed by atoms with Crippen molar-refractivity contribution < 1.29 is 14.3 Å². The van der Waals surface area contributed by atoms with Gasteiger partial charge in [0, 0.05) is 30.6 Å². The number of carbonyl (C=O) groups is 2. The molecule has 0 unspecified atom stereocenters. The highest BCUT2D eigenvalue weighted by molar-refractivity contribution is 5.88. The summed E-state index contributed by atoms with van der Waals surface area (Å²) in [5.41, 5.74) is 0.697. The van der Waals surface area contributed by atoms with Crippen LogP contribution in [0.1, 0.15) is 26.7 Å². The molecule has 1 saturated heterocycles. The van der Waals surface area contributed by atoms with Gasteiger partial charge in [0.2, 0.25) is 11.8 Å². The fraction of sp³-hybridized carbons (Fsp3) is 0.529. The van der Waals surface area contributed by atoms with Gasteiger partial charge >= 0.3 is 0 Å². The number of amides is 2. The monoisotopic (exact) mass is 355 g/mol. The number of benzene rings is 1. The third kappa shape index (κ3) is 6.76. The van der Waals surface area contributed by atoms with Crippen LogP contribution in [0.5, 0.6) is 5.75 Å². The molecule has 1 fully saturated rings. The first-order valence-corrected chi connectivity index (χ1v) is 8.06. The zero-order valence-corrected chi connectivity index (χ0v) is 14.9. The lowest BCUT2D eigenvalue weighted by atomic mass is 9.92. The SMILES string of the molecule is CC(=O)Nc1cccc(OCCNC(=O)[C@H]2CCN[C@@H](C)C2)c1.Cl. The summed E-state index contributed by atoms with van der Waals surface area (Å²) in [6, 6.07) is 7.59. The van der Waals surface area contributed by atoms with Crippen molar-refractivity contribution in [3.05, 3.63) is 24.3 Å². The Balaban J connectivity index is 0.00000288. The van der Waals surface area contributed by atoms with Crippen LogP contribution in [0.2, 0.25) is 0 Å². The Morgan fingerprint density at radius 2 is 2.17 bits per heavy atom. The van der Waals surface area contributed by atoms with E-state index < -0.39 is 0 Å². The number of hydrogen-bond acceptors (Lipinski definition) is 4. The van der Waals surface area contributed by atoms with Crippen molar-refractivity contribution in [2.24, 2.45) is 5.92 Å². The van der Waals surface area contributed by atoms with Crippen LogP contribution in [0.4, 0.5) is 5.69 Å². The largest absolute Gasteiger partial charge is 0.492 e. The molecule has 1 aromatic carbocycles. The molecule has 7 heteroatoms. The molecule has 134 valence electrons.